The molecule has 3 aromatic rings. The molecule has 206 valence electrons. The third-order valence-corrected chi connectivity index (χ3v) is 8.12. The summed E-state index contributed by atoms with van der Waals surface area (Å²) in [5.41, 5.74) is 3.90. The van der Waals surface area contributed by atoms with Gasteiger partial charge in [-0.3, -0.25) is 9.78 Å². The normalized spacial score (nSPS) is 15.1. The highest BCUT2D eigenvalue weighted by Crippen LogP contribution is 2.43. The molecule has 0 saturated heterocycles. The van der Waals surface area contributed by atoms with Crippen LogP contribution in [0, 0.1) is 6.92 Å². The number of rotatable bonds is 12. The lowest BCUT2D eigenvalue weighted by Gasteiger charge is -2.27. The summed E-state index contributed by atoms with van der Waals surface area (Å²) in [6.45, 7) is 8.40. The molecule has 0 spiro atoms. The monoisotopic (exact) mass is 548 g/mol. The lowest BCUT2D eigenvalue weighted by atomic mass is 10.1. The topological polar surface area (TPSA) is 132 Å². The molecular weight excluding hydrogens is 512 g/mol. The van der Waals surface area contributed by atoms with E-state index in [-0.39, 0.29) is 18.4 Å². The number of hydrogen-bond donors (Lipinski definition) is 1. The van der Waals surface area contributed by atoms with Gasteiger partial charge in [-0.15, -0.1) is 0 Å². The van der Waals surface area contributed by atoms with E-state index < -0.39 is 11.2 Å². The van der Waals surface area contributed by atoms with Gasteiger partial charge in [-0.2, -0.15) is 0 Å². The van der Waals surface area contributed by atoms with Crippen molar-refractivity contribution in [3.8, 4) is 11.4 Å². The highest BCUT2D eigenvalue weighted by molar-refractivity contribution is 7.91. The number of pyridine rings is 1. The van der Waals surface area contributed by atoms with Crippen molar-refractivity contribution in [2.45, 2.75) is 76.8 Å². The van der Waals surface area contributed by atoms with Gasteiger partial charge in [-0.05, 0) is 63.3 Å². The zero-order valence-corrected chi connectivity index (χ0v) is 24.0. The second kappa shape index (κ2) is 13.1. The molecule has 1 aliphatic carbocycles. The Morgan fingerprint density at radius 3 is 2.67 bits per heavy atom. The van der Waals surface area contributed by atoms with Gasteiger partial charge in [0, 0.05) is 19.0 Å². The summed E-state index contributed by atoms with van der Waals surface area (Å²) in [6.07, 6.45) is 9.76. The van der Waals surface area contributed by atoms with E-state index in [2.05, 4.69) is 49.0 Å². The SMILES string of the molecule is CCCC(C)N(C)c1nc(-c2c(C)ncnc2C2CC2)ncc1/N=C(\C=O)NCc1ccc([S+]([O-])CC)cn1. The number of aromatic nitrogens is 5. The van der Waals surface area contributed by atoms with E-state index in [0.717, 1.165) is 42.6 Å². The number of aryl methyl sites for hydroxylation is 1. The lowest BCUT2D eigenvalue weighted by molar-refractivity contribution is -0.102. The van der Waals surface area contributed by atoms with E-state index in [1.165, 1.54) is 0 Å². The van der Waals surface area contributed by atoms with E-state index in [4.69, 9.17) is 4.98 Å². The van der Waals surface area contributed by atoms with Gasteiger partial charge in [-0.1, -0.05) is 13.3 Å². The van der Waals surface area contributed by atoms with Crippen molar-refractivity contribution < 1.29 is 9.35 Å². The van der Waals surface area contributed by atoms with Crippen molar-refractivity contribution in [3.05, 3.63) is 47.9 Å². The highest BCUT2D eigenvalue weighted by Gasteiger charge is 2.30. The van der Waals surface area contributed by atoms with Gasteiger partial charge in [0.2, 0.25) is 0 Å². The summed E-state index contributed by atoms with van der Waals surface area (Å²) in [4.78, 5) is 42.3. The van der Waals surface area contributed by atoms with Gasteiger partial charge in [-0.25, -0.2) is 24.9 Å². The molecule has 4 rings (SSSR count). The van der Waals surface area contributed by atoms with Gasteiger partial charge in [0.15, 0.2) is 28.7 Å². The predicted molar refractivity (Wildman–Crippen MR) is 154 cm³/mol. The fourth-order valence-corrected chi connectivity index (χ4v) is 5.04. The molecule has 0 aliphatic heterocycles. The van der Waals surface area contributed by atoms with Crippen molar-refractivity contribution in [1.82, 2.24) is 30.2 Å². The Balaban J connectivity index is 1.65. The van der Waals surface area contributed by atoms with E-state index in [0.29, 0.717) is 45.9 Å². The van der Waals surface area contributed by atoms with Gasteiger partial charge >= 0.3 is 0 Å². The number of aldehydes is 1. The molecule has 1 fully saturated rings. The van der Waals surface area contributed by atoms with Crippen LogP contribution in [0.15, 0.2) is 40.7 Å². The van der Waals surface area contributed by atoms with Gasteiger partial charge < -0.3 is 14.8 Å². The second-order valence-electron chi connectivity index (χ2n) is 9.73. The highest BCUT2D eigenvalue weighted by atomic mass is 32.2. The molecule has 3 aromatic heterocycles. The largest absolute Gasteiger partial charge is 0.611 e. The zero-order valence-electron chi connectivity index (χ0n) is 23.2. The Morgan fingerprint density at radius 1 is 1.23 bits per heavy atom. The summed E-state index contributed by atoms with van der Waals surface area (Å²) in [7, 11) is 1.99. The minimum absolute atomic E-state index is 0.144. The number of amidine groups is 1. The minimum atomic E-state index is -1.06. The maximum atomic E-state index is 12.0. The molecule has 39 heavy (non-hydrogen) atoms. The predicted octanol–water partition coefficient (Wildman–Crippen LogP) is 4.29. The van der Waals surface area contributed by atoms with Crippen molar-refractivity contribution in [1.29, 1.82) is 0 Å². The van der Waals surface area contributed by atoms with Gasteiger partial charge in [0.25, 0.3) is 0 Å². The first kappa shape index (κ1) is 28.6. The quantitative estimate of drug-likeness (QED) is 0.152. The fourth-order valence-electron chi connectivity index (χ4n) is 4.32. The first-order chi connectivity index (χ1) is 18.9. The molecule has 1 saturated carbocycles. The van der Waals surface area contributed by atoms with Crippen LogP contribution in [0.1, 0.15) is 69.5 Å². The summed E-state index contributed by atoms with van der Waals surface area (Å²) < 4.78 is 12.0. The van der Waals surface area contributed by atoms with Crippen LogP contribution < -0.4 is 10.2 Å². The number of carbonyl (C=O) groups is 1. The van der Waals surface area contributed by atoms with Crippen molar-refractivity contribution in [2.24, 2.45) is 4.99 Å². The second-order valence-corrected chi connectivity index (χ2v) is 11.5. The van der Waals surface area contributed by atoms with Crippen LogP contribution in [0.5, 0.6) is 0 Å². The number of aliphatic imine (C=N–C) groups is 1. The van der Waals surface area contributed by atoms with E-state index in [9.17, 15) is 9.35 Å². The summed E-state index contributed by atoms with van der Waals surface area (Å²) in [6, 6.07) is 3.79. The summed E-state index contributed by atoms with van der Waals surface area (Å²) in [5, 5.41) is 3.05. The van der Waals surface area contributed by atoms with Crippen molar-refractivity contribution in [2.75, 3.05) is 17.7 Å². The molecule has 1 N–H and O–H groups in total. The Kier molecular flexibility index (Phi) is 9.58. The van der Waals surface area contributed by atoms with Crippen LogP contribution in [-0.4, -0.2) is 60.4 Å². The molecule has 11 heteroatoms. The van der Waals surface area contributed by atoms with Crippen molar-refractivity contribution >= 4 is 34.8 Å². The fraction of sp³-hybridized carbons (Fsp3) is 0.464. The van der Waals surface area contributed by atoms with Crippen LogP contribution in [0.2, 0.25) is 0 Å². The van der Waals surface area contributed by atoms with Gasteiger partial charge in [0.1, 0.15) is 17.8 Å². The van der Waals surface area contributed by atoms with E-state index in [1.807, 2.05) is 20.9 Å². The standard InChI is InChI=1S/C28H36N8O2S/c1-6-8-18(3)36(5)28-23(15-31-27(35-28)25-19(4)32-17-33-26(25)20-9-10-20)34-24(16-37)30-13-21-11-12-22(14-29-21)39(38)7-2/h11-12,14-18,20H,6-10,13H2,1-5H3,(H,30,34). The Morgan fingerprint density at radius 2 is 2.03 bits per heavy atom. The van der Waals surface area contributed by atoms with Crippen LogP contribution in [0.25, 0.3) is 11.4 Å². The zero-order chi connectivity index (χ0) is 27.9. The molecular formula is C28H36N8O2S. The maximum absolute atomic E-state index is 12.0. The van der Waals surface area contributed by atoms with Gasteiger partial charge in [0.05, 0.1) is 41.6 Å². The first-order valence-corrected chi connectivity index (χ1v) is 14.7. The first-order valence-electron chi connectivity index (χ1n) is 13.4. The average molecular weight is 549 g/mol. The van der Waals surface area contributed by atoms with E-state index >= 15 is 0 Å². The van der Waals surface area contributed by atoms with Crippen LogP contribution in [0.4, 0.5) is 11.5 Å². The molecule has 0 radical (unpaired) electrons. The number of carbonyl (C=O) groups excluding carboxylic acids is 1. The molecule has 10 nitrogen and oxygen atoms in total. The summed E-state index contributed by atoms with van der Waals surface area (Å²) >= 11 is -1.06. The molecule has 0 amide bonds. The Hall–Kier alpha value is -3.44. The molecule has 0 bridgehead atoms. The molecule has 1 aliphatic rings. The molecule has 3 heterocycles. The Labute approximate surface area is 233 Å². The van der Waals surface area contributed by atoms with E-state index in [1.54, 1.807) is 30.9 Å². The Bertz CT molecular complexity index is 1310. The number of nitrogens with one attached hydrogen (secondary N) is 1. The molecule has 2 atom stereocenters. The number of nitrogens with zero attached hydrogens (tertiary/aromatic N) is 7. The molecule has 2 unspecified atom stereocenters. The van der Waals surface area contributed by atoms with Crippen LogP contribution >= 0.6 is 0 Å². The van der Waals surface area contributed by atoms with Crippen molar-refractivity contribution in [3.63, 3.8) is 0 Å². The minimum Gasteiger partial charge on any atom is -0.611 e. The average Bonchev–Trinajstić information content (AvgIpc) is 3.80. The maximum Gasteiger partial charge on any atom is 0.185 e. The number of hydrogen-bond acceptors (Lipinski definition) is 9. The van der Waals surface area contributed by atoms with Crippen LogP contribution in [0.3, 0.4) is 0 Å². The lowest BCUT2D eigenvalue weighted by Crippen LogP contribution is -2.30. The third kappa shape index (κ3) is 6.96. The smallest absolute Gasteiger partial charge is 0.185 e. The summed E-state index contributed by atoms with van der Waals surface area (Å²) in [5.74, 6) is 2.29. The van der Waals surface area contributed by atoms with Crippen LogP contribution in [-0.2, 0) is 22.5 Å². The third-order valence-electron chi connectivity index (χ3n) is 6.83. The number of anilines is 1. The molecule has 0 aromatic carbocycles.